The molecule has 0 saturated carbocycles. The van der Waals surface area contributed by atoms with Crippen LogP contribution in [0.2, 0.25) is 0 Å². The van der Waals surface area contributed by atoms with Crippen molar-refractivity contribution in [2.24, 2.45) is 0 Å². The van der Waals surface area contributed by atoms with Crippen molar-refractivity contribution in [2.75, 3.05) is 0 Å². The molecule has 1 N–H and O–H groups in total. The zero-order valence-corrected chi connectivity index (χ0v) is 10.3. The smallest absolute Gasteiger partial charge is 0.369 e. The van der Waals surface area contributed by atoms with Gasteiger partial charge in [-0.2, -0.15) is 4.89 Å². The van der Waals surface area contributed by atoms with Gasteiger partial charge in [-0.25, -0.2) is 9.68 Å². The summed E-state index contributed by atoms with van der Waals surface area (Å²) in [6.45, 7) is 3.40. The standard InChI is InChI=1S/C13H16O5/c1-9(2)16-12(14)13(15)8-11(17-18-13)10-6-4-3-5-7-10/h3-7,9,11,15H,8H2,1-2H3/t11-,13?/m0/s1. The average molecular weight is 252 g/mol. The van der Waals surface area contributed by atoms with Crippen LogP contribution in [0.15, 0.2) is 30.3 Å². The van der Waals surface area contributed by atoms with E-state index in [1.165, 1.54) is 0 Å². The monoisotopic (exact) mass is 252 g/mol. The minimum atomic E-state index is -2.02. The number of carbonyl (C=O) groups excluding carboxylic acids is 1. The molecule has 18 heavy (non-hydrogen) atoms. The lowest BCUT2D eigenvalue weighted by Crippen LogP contribution is -2.40. The Hall–Kier alpha value is -1.43. The molecule has 1 fully saturated rings. The lowest BCUT2D eigenvalue weighted by molar-refractivity contribution is -0.370. The van der Waals surface area contributed by atoms with Gasteiger partial charge >= 0.3 is 11.8 Å². The molecule has 98 valence electrons. The van der Waals surface area contributed by atoms with Crippen LogP contribution in [-0.4, -0.2) is 23.0 Å². The van der Waals surface area contributed by atoms with Gasteiger partial charge in [-0.3, -0.25) is 0 Å². The van der Waals surface area contributed by atoms with Crippen molar-refractivity contribution in [1.82, 2.24) is 0 Å². The molecule has 1 aromatic carbocycles. The third-order valence-corrected chi connectivity index (χ3v) is 2.60. The molecule has 2 atom stereocenters. The molecule has 0 amide bonds. The van der Waals surface area contributed by atoms with E-state index in [1.807, 2.05) is 30.3 Å². The molecule has 1 heterocycles. The number of hydrogen-bond acceptors (Lipinski definition) is 5. The van der Waals surface area contributed by atoms with Crippen molar-refractivity contribution in [1.29, 1.82) is 0 Å². The van der Waals surface area contributed by atoms with Gasteiger partial charge in [0.15, 0.2) is 0 Å². The summed E-state index contributed by atoms with van der Waals surface area (Å²) in [7, 11) is 0. The summed E-state index contributed by atoms with van der Waals surface area (Å²) in [5.74, 6) is -2.85. The zero-order chi connectivity index (χ0) is 13.2. The van der Waals surface area contributed by atoms with E-state index in [0.29, 0.717) is 0 Å². The van der Waals surface area contributed by atoms with Crippen LogP contribution in [0.1, 0.15) is 31.9 Å². The number of ether oxygens (including phenoxy) is 1. The maximum Gasteiger partial charge on any atom is 0.369 e. The van der Waals surface area contributed by atoms with Gasteiger partial charge in [0, 0.05) is 6.42 Å². The highest BCUT2D eigenvalue weighted by Crippen LogP contribution is 2.37. The normalized spacial score (nSPS) is 27.4. The number of hydrogen-bond donors (Lipinski definition) is 1. The van der Waals surface area contributed by atoms with Crippen LogP contribution in [0.4, 0.5) is 0 Å². The summed E-state index contributed by atoms with van der Waals surface area (Å²) in [4.78, 5) is 21.4. The van der Waals surface area contributed by atoms with Gasteiger partial charge < -0.3 is 9.84 Å². The van der Waals surface area contributed by atoms with E-state index in [2.05, 4.69) is 0 Å². The topological polar surface area (TPSA) is 65.0 Å². The highest BCUT2D eigenvalue weighted by atomic mass is 17.2. The maximum atomic E-state index is 11.7. The Labute approximate surface area is 105 Å². The number of carbonyl (C=O) groups is 1. The molecule has 1 aliphatic rings. The molecule has 1 saturated heterocycles. The fourth-order valence-electron chi connectivity index (χ4n) is 1.72. The molecule has 0 aliphatic carbocycles. The van der Waals surface area contributed by atoms with Gasteiger partial charge in [0.2, 0.25) is 0 Å². The largest absolute Gasteiger partial charge is 0.459 e. The van der Waals surface area contributed by atoms with Crippen LogP contribution >= 0.6 is 0 Å². The molecule has 0 spiro atoms. The third-order valence-electron chi connectivity index (χ3n) is 2.60. The maximum absolute atomic E-state index is 11.7. The molecule has 1 unspecified atom stereocenters. The first-order chi connectivity index (χ1) is 8.51. The second-order valence-electron chi connectivity index (χ2n) is 4.52. The Morgan fingerprint density at radius 2 is 2.11 bits per heavy atom. The predicted octanol–water partition coefficient (Wildman–Crippen LogP) is 1.72. The lowest BCUT2D eigenvalue weighted by atomic mass is 10.0. The molecule has 5 nitrogen and oxygen atoms in total. The molecular weight excluding hydrogens is 236 g/mol. The Morgan fingerprint density at radius 1 is 1.44 bits per heavy atom. The van der Waals surface area contributed by atoms with E-state index in [1.54, 1.807) is 13.8 Å². The molecule has 1 aliphatic heterocycles. The number of benzene rings is 1. The highest BCUT2D eigenvalue weighted by molar-refractivity contribution is 5.77. The summed E-state index contributed by atoms with van der Waals surface area (Å²) in [6, 6.07) is 9.25. The van der Waals surface area contributed by atoms with Gasteiger partial charge in [0.05, 0.1) is 6.10 Å². The van der Waals surface area contributed by atoms with Gasteiger partial charge in [-0.05, 0) is 19.4 Å². The number of aliphatic hydroxyl groups is 1. The lowest BCUT2D eigenvalue weighted by Gasteiger charge is -2.18. The Balaban J connectivity index is 2.05. The van der Waals surface area contributed by atoms with Crippen LogP contribution in [-0.2, 0) is 19.3 Å². The number of esters is 1. The van der Waals surface area contributed by atoms with E-state index >= 15 is 0 Å². The molecular formula is C13H16O5. The van der Waals surface area contributed by atoms with Crippen molar-refractivity contribution < 1.29 is 24.4 Å². The fraction of sp³-hybridized carbons (Fsp3) is 0.462. The molecule has 1 aromatic rings. The Morgan fingerprint density at radius 3 is 2.72 bits per heavy atom. The summed E-state index contributed by atoms with van der Waals surface area (Å²) in [5, 5.41) is 10.0. The fourth-order valence-corrected chi connectivity index (χ4v) is 1.72. The quantitative estimate of drug-likeness (QED) is 0.655. The van der Waals surface area contributed by atoms with Crippen molar-refractivity contribution in [2.45, 2.75) is 38.3 Å². The van der Waals surface area contributed by atoms with E-state index in [9.17, 15) is 9.90 Å². The Bertz CT molecular complexity index is 417. The Kier molecular flexibility index (Phi) is 3.65. The van der Waals surface area contributed by atoms with E-state index in [0.717, 1.165) is 5.56 Å². The van der Waals surface area contributed by atoms with Crippen LogP contribution < -0.4 is 0 Å². The summed E-state index contributed by atoms with van der Waals surface area (Å²) in [6.07, 6.45) is -0.778. The predicted molar refractivity (Wildman–Crippen MR) is 62.1 cm³/mol. The summed E-state index contributed by atoms with van der Waals surface area (Å²) >= 11 is 0. The van der Waals surface area contributed by atoms with Crippen molar-refractivity contribution in [3.05, 3.63) is 35.9 Å². The SMILES string of the molecule is CC(C)OC(=O)C1(O)C[C@@H](c2ccccc2)OO1. The van der Waals surface area contributed by atoms with E-state index in [-0.39, 0.29) is 12.5 Å². The minimum absolute atomic E-state index is 0.0164. The zero-order valence-electron chi connectivity index (χ0n) is 10.3. The average Bonchev–Trinajstić information content (AvgIpc) is 2.74. The van der Waals surface area contributed by atoms with Crippen LogP contribution in [0.5, 0.6) is 0 Å². The van der Waals surface area contributed by atoms with E-state index in [4.69, 9.17) is 14.5 Å². The van der Waals surface area contributed by atoms with E-state index < -0.39 is 17.9 Å². The van der Waals surface area contributed by atoms with Crippen molar-refractivity contribution in [3.8, 4) is 0 Å². The first-order valence-corrected chi connectivity index (χ1v) is 5.84. The van der Waals surface area contributed by atoms with Gasteiger partial charge in [-0.15, -0.1) is 0 Å². The summed E-state index contributed by atoms with van der Waals surface area (Å²) in [5.41, 5.74) is 0.839. The van der Waals surface area contributed by atoms with Gasteiger partial charge in [0.25, 0.3) is 0 Å². The first kappa shape index (κ1) is 13.0. The minimum Gasteiger partial charge on any atom is -0.459 e. The highest BCUT2D eigenvalue weighted by Gasteiger charge is 2.49. The molecule has 0 aromatic heterocycles. The van der Waals surface area contributed by atoms with Crippen LogP contribution in [0.25, 0.3) is 0 Å². The van der Waals surface area contributed by atoms with Gasteiger partial charge in [0.1, 0.15) is 6.10 Å². The van der Waals surface area contributed by atoms with Crippen LogP contribution in [0, 0.1) is 0 Å². The van der Waals surface area contributed by atoms with Crippen LogP contribution in [0.3, 0.4) is 0 Å². The second-order valence-corrected chi connectivity index (χ2v) is 4.52. The molecule has 2 rings (SSSR count). The molecule has 0 radical (unpaired) electrons. The van der Waals surface area contributed by atoms with Crippen molar-refractivity contribution in [3.63, 3.8) is 0 Å². The number of rotatable bonds is 3. The summed E-state index contributed by atoms with van der Waals surface area (Å²) < 4.78 is 4.93. The first-order valence-electron chi connectivity index (χ1n) is 5.84. The third kappa shape index (κ3) is 2.69. The van der Waals surface area contributed by atoms with Crippen molar-refractivity contribution >= 4 is 5.97 Å². The second kappa shape index (κ2) is 5.06. The van der Waals surface area contributed by atoms with Gasteiger partial charge in [-0.1, -0.05) is 30.3 Å². The molecule has 5 heteroatoms. The molecule has 0 bridgehead atoms.